The molecule has 2 aromatic heterocycles. The third kappa shape index (κ3) is 5.14. The molecule has 0 N–H and O–H groups in total. The SMILES string of the molecule is CCOc1ccc(-c2ccc(C)nc2)cc1CN(C(=O)c1sc2ccccc2c1Cl)C1CCCCC1. The van der Waals surface area contributed by atoms with Crippen LogP contribution in [-0.4, -0.2) is 28.4 Å². The first-order chi connectivity index (χ1) is 17.5. The van der Waals surface area contributed by atoms with Gasteiger partial charge < -0.3 is 9.64 Å². The first-order valence-electron chi connectivity index (χ1n) is 12.7. The molecule has 2 aromatic carbocycles. The van der Waals surface area contributed by atoms with Crippen molar-refractivity contribution in [1.29, 1.82) is 0 Å². The molecule has 0 aliphatic heterocycles. The van der Waals surface area contributed by atoms with Crippen LogP contribution in [0, 0.1) is 6.92 Å². The Kier molecular flexibility index (Phi) is 7.59. The molecule has 0 radical (unpaired) electrons. The minimum Gasteiger partial charge on any atom is -0.494 e. The summed E-state index contributed by atoms with van der Waals surface area (Å²) in [7, 11) is 0. The van der Waals surface area contributed by atoms with E-state index in [4.69, 9.17) is 16.3 Å². The Balaban J connectivity index is 1.54. The first-order valence-corrected chi connectivity index (χ1v) is 13.9. The molecule has 0 spiro atoms. The maximum atomic E-state index is 14.1. The van der Waals surface area contributed by atoms with Crippen molar-refractivity contribution in [1.82, 2.24) is 9.88 Å². The van der Waals surface area contributed by atoms with E-state index in [9.17, 15) is 4.79 Å². The van der Waals surface area contributed by atoms with E-state index in [1.807, 2.05) is 61.3 Å². The lowest BCUT2D eigenvalue weighted by Crippen LogP contribution is -2.40. The van der Waals surface area contributed by atoms with E-state index in [-0.39, 0.29) is 11.9 Å². The molecule has 4 nitrogen and oxygen atoms in total. The van der Waals surface area contributed by atoms with Gasteiger partial charge in [-0.05, 0) is 56.5 Å². The second-order valence-electron chi connectivity index (χ2n) is 9.41. The van der Waals surface area contributed by atoms with Gasteiger partial charge in [-0.15, -0.1) is 11.3 Å². The van der Waals surface area contributed by atoms with Crippen LogP contribution in [0.5, 0.6) is 5.75 Å². The summed E-state index contributed by atoms with van der Waals surface area (Å²) in [6, 6.07) is 18.5. The second-order valence-corrected chi connectivity index (χ2v) is 10.8. The highest BCUT2D eigenvalue weighted by molar-refractivity contribution is 7.21. The number of aryl methyl sites for hydroxylation is 1. The Hall–Kier alpha value is -2.89. The van der Waals surface area contributed by atoms with Crippen LogP contribution in [0.25, 0.3) is 21.2 Å². The van der Waals surface area contributed by atoms with E-state index in [0.717, 1.165) is 63.9 Å². The predicted molar refractivity (Wildman–Crippen MR) is 149 cm³/mol. The summed E-state index contributed by atoms with van der Waals surface area (Å²) in [5.41, 5.74) is 4.11. The minimum atomic E-state index is 0.0120. The summed E-state index contributed by atoms with van der Waals surface area (Å²) in [5, 5.41) is 1.51. The molecule has 186 valence electrons. The standard InChI is InChI=1S/C30H31ClN2O2S/c1-3-35-26-16-15-21(22-14-13-20(2)32-18-22)17-23(26)19-33(24-9-5-4-6-10-24)30(34)29-28(31)25-11-7-8-12-27(25)36-29/h7-8,11-18,24H,3-6,9-10,19H2,1-2H3. The van der Waals surface area contributed by atoms with Crippen LogP contribution in [0.1, 0.15) is 60.0 Å². The number of hydrogen-bond donors (Lipinski definition) is 0. The molecule has 4 aromatic rings. The Bertz CT molecular complexity index is 1360. The highest BCUT2D eigenvalue weighted by Crippen LogP contribution is 2.38. The number of carbonyl (C=O) groups excluding carboxylic acids is 1. The molecule has 5 rings (SSSR count). The molecule has 36 heavy (non-hydrogen) atoms. The lowest BCUT2D eigenvalue weighted by atomic mass is 9.93. The summed E-state index contributed by atoms with van der Waals surface area (Å²) in [4.78, 5) is 21.2. The van der Waals surface area contributed by atoms with Crippen molar-refractivity contribution in [2.75, 3.05) is 6.61 Å². The minimum absolute atomic E-state index is 0.0120. The van der Waals surface area contributed by atoms with Crippen molar-refractivity contribution in [2.24, 2.45) is 0 Å². The number of hydrogen-bond acceptors (Lipinski definition) is 4. The lowest BCUT2D eigenvalue weighted by molar-refractivity contribution is 0.0617. The van der Waals surface area contributed by atoms with Crippen LogP contribution >= 0.6 is 22.9 Å². The van der Waals surface area contributed by atoms with E-state index in [1.54, 1.807) is 0 Å². The van der Waals surface area contributed by atoms with Crippen molar-refractivity contribution in [3.05, 3.63) is 82.0 Å². The summed E-state index contributed by atoms with van der Waals surface area (Å²) >= 11 is 8.26. The Morgan fingerprint density at radius 2 is 1.86 bits per heavy atom. The largest absolute Gasteiger partial charge is 0.494 e. The third-order valence-electron chi connectivity index (χ3n) is 6.95. The fourth-order valence-corrected chi connectivity index (χ4v) is 6.51. The van der Waals surface area contributed by atoms with Crippen molar-refractivity contribution < 1.29 is 9.53 Å². The van der Waals surface area contributed by atoms with Crippen molar-refractivity contribution in [2.45, 2.75) is 58.5 Å². The molecule has 0 saturated heterocycles. The van der Waals surface area contributed by atoms with Crippen LogP contribution in [0.4, 0.5) is 0 Å². The van der Waals surface area contributed by atoms with Crippen molar-refractivity contribution >= 4 is 38.9 Å². The number of amides is 1. The molecule has 1 saturated carbocycles. The highest BCUT2D eigenvalue weighted by Gasteiger charge is 2.30. The molecule has 0 bridgehead atoms. The maximum absolute atomic E-state index is 14.1. The monoisotopic (exact) mass is 518 g/mol. The second kappa shape index (κ2) is 11.0. The van der Waals surface area contributed by atoms with Gasteiger partial charge in [-0.3, -0.25) is 9.78 Å². The Labute approximate surface area is 221 Å². The van der Waals surface area contributed by atoms with Gasteiger partial charge in [-0.25, -0.2) is 0 Å². The number of aromatic nitrogens is 1. The van der Waals surface area contributed by atoms with E-state index in [1.165, 1.54) is 17.8 Å². The zero-order valence-corrected chi connectivity index (χ0v) is 22.4. The normalized spacial score (nSPS) is 14.2. The molecule has 1 amide bonds. The van der Waals surface area contributed by atoms with Gasteiger partial charge in [-0.1, -0.05) is 61.2 Å². The summed E-state index contributed by atoms with van der Waals surface area (Å²) in [6.45, 7) is 5.03. The van der Waals surface area contributed by atoms with Crippen LogP contribution in [0.2, 0.25) is 5.02 Å². The number of thiophene rings is 1. The van der Waals surface area contributed by atoms with Crippen molar-refractivity contribution in [3.8, 4) is 16.9 Å². The van der Waals surface area contributed by atoms with Gasteiger partial charge in [0.25, 0.3) is 5.91 Å². The predicted octanol–water partition coefficient (Wildman–Crippen LogP) is 8.30. The fourth-order valence-electron chi connectivity index (χ4n) is 5.04. The number of halogens is 1. The average Bonchev–Trinajstić information content (AvgIpc) is 3.25. The molecule has 1 aliphatic carbocycles. The highest BCUT2D eigenvalue weighted by atomic mass is 35.5. The molecule has 0 atom stereocenters. The van der Waals surface area contributed by atoms with Gasteiger partial charge in [0.2, 0.25) is 0 Å². The van der Waals surface area contributed by atoms with Crippen LogP contribution < -0.4 is 4.74 Å². The number of nitrogens with zero attached hydrogens (tertiary/aromatic N) is 2. The summed E-state index contributed by atoms with van der Waals surface area (Å²) < 4.78 is 7.06. The first kappa shape index (κ1) is 24.8. The van der Waals surface area contributed by atoms with Gasteiger partial charge in [0.15, 0.2) is 0 Å². The van der Waals surface area contributed by atoms with Gasteiger partial charge in [0.1, 0.15) is 10.6 Å². The fraction of sp³-hybridized carbons (Fsp3) is 0.333. The van der Waals surface area contributed by atoms with Gasteiger partial charge in [0, 0.05) is 45.7 Å². The quantitative estimate of drug-likeness (QED) is 0.247. The Morgan fingerprint density at radius 3 is 2.58 bits per heavy atom. The number of ether oxygens (including phenoxy) is 1. The molecule has 2 heterocycles. The van der Waals surface area contributed by atoms with Crippen LogP contribution in [0.3, 0.4) is 0 Å². The number of carbonyl (C=O) groups is 1. The molecule has 1 aliphatic rings. The van der Waals surface area contributed by atoms with Gasteiger partial charge in [0.05, 0.1) is 11.6 Å². The topological polar surface area (TPSA) is 42.4 Å². The van der Waals surface area contributed by atoms with Gasteiger partial charge >= 0.3 is 0 Å². The van der Waals surface area contributed by atoms with E-state index in [0.29, 0.717) is 23.1 Å². The molecular weight excluding hydrogens is 488 g/mol. The van der Waals surface area contributed by atoms with E-state index < -0.39 is 0 Å². The number of pyridine rings is 1. The molecule has 1 fully saturated rings. The number of benzene rings is 2. The average molecular weight is 519 g/mol. The van der Waals surface area contributed by atoms with Crippen LogP contribution in [-0.2, 0) is 6.54 Å². The summed E-state index contributed by atoms with van der Waals surface area (Å²) in [5.74, 6) is 0.829. The van der Waals surface area contributed by atoms with Crippen molar-refractivity contribution in [3.63, 3.8) is 0 Å². The lowest BCUT2D eigenvalue weighted by Gasteiger charge is -2.35. The van der Waals surface area contributed by atoms with Crippen LogP contribution in [0.15, 0.2) is 60.8 Å². The Morgan fingerprint density at radius 1 is 1.08 bits per heavy atom. The molecular formula is C30H31ClN2O2S. The smallest absolute Gasteiger partial charge is 0.266 e. The molecule has 6 heteroatoms. The third-order valence-corrected chi connectivity index (χ3v) is 8.61. The number of fused-ring (bicyclic) bond motifs is 1. The van der Waals surface area contributed by atoms with E-state index >= 15 is 0 Å². The van der Waals surface area contributed by atoms with Gasteiger partial charge in [-0.2, -0.15) is 0 Å². The number of rotatable bonds is 7. The molecule has 0 unspecified atom stereocenters. The zero-order chi connectivity index (χ0) is 25.1. The summed E-state index contributed by atoms with van der Waals surface area (Å²) in [6.07, 6.45) is 7.43. The zero-order valence-electron chi connectivity index (χ0n) is 20.8. The van der Waals surface area contributed by atoms with E-state index in [2.05, 4.69) is 23.2 Å². The maximum Gasteiger partial charge on any atom is 0.266 e.